The predicted octanol–water partition coefficient (Wildman–Crippen LogP) is 0.654. The summed E-state index contributed by atoms with van der Waals surface area (Å²) in [4.78, 5) is 25.9. The van der Waals surface area contributed by atoms with Crippen LogP contribution in [0.15, 0.2) is 47.4 Å². The molecule has 1 amide bonds. The SMILES string of the molecule is COc1ccc(CNC(O)NC2CCN(C(=O)c3ccc(=O)n(C)c3)CC2)cc1. The van der Waals surface area contributed by atoms with Gasteiger partial charge >= 0.3 is 0 Å². The van der Waals surface area contributed by atoms with Crippen LogP contribution in [-0.4, -0.2) is 53.1 Å². The van der Waals surface area contributed by atoms with Crippen LogP contribution in [0.3, 0.4) is 0 Å². The molecule has 0 spiro atoms. The number of pyridine rings is 1. The summed E-state index contributed by atoms with van der Waals surface area (Å²) < 4.78 is 6.54. The van der Waals surface area contributed by atoms with Gasteiger partial charge < -0.3 is 19.3 Å². The van der Waals surface area contributed by atoms with Crippen LogP contribution >= 0.6 is 0 Å². The number of aryl methyl sites for hydroxylation is 1. The number of ether oxygens (including phenoxy) is 1. The van der Waals surface area contributed by atoms with Gasteiger partial charge in [0.25, 0.3) is 5.91 Å². The minimum Gasteiger partial charge on any atom is -0.497 e. The zero-order chi connectivity index (χ0) is 20.8. The molecular formula is C21H28N4O4. The summed E-state index contributed by atoms with van der Waals surface area (Å²) in [7, 11) is 3.26. The van der Waals surface area contributed by atoms with E-state index in [2.05, 4.69) is 10.6 Å². The molecule has 2 aromatic rings. The molecule has 2 heterocycles. The number of amides is 1. The molecule has 1 fully saturated rings. The van der Waals surface area contributed by atoms with Crippen LogP contribution in [0.2, 0.25) is 0 Å². The van der Waals surface area contributed by atoms with Crippen molar-refractivity contribution in [1.82, 2.24) is 20.1 Å². The van der Waals surface area contributed by atoms with Crippen LogP contribution in [0.1, 0.15) is 28.8 Å². The van der Waals surface area contributed by atoms with Crippen molar-refractivity contribution in [3.63, 3.8) is 0 Å². The average molecular weight is 400 g/mol. The number of hydrogen-bond donors (Lipinski definition) is 3. The first-order valence-corrected chi connectivity index (χ1v) is 9.72. The number of aliphatic hydroxyl groups excluding tert-OH is 1. The van der Waals surface area contributed by atoms with Gasteiger partial charge in [0.2, 0.25) is 5.56 Å². The number of benzene rings is 1. The van der Waals surface area contributed by atoms with Gasteiger partial charge in [0, 0.05) is 45.0 Å². The molecule has 3 N–H and O–H groups in total. The molecule has 1 aromatic heterocycles. The van der Waals surface area contributed by atoms with Gasteiger partial charge in [-0.3, -0.25) is 20.2 Å². The maximum Gasteiger partial charge on any atom is 0.255 e. The molecule has 29 heavy (non-hydrogen) atoms. The lowest BCUT2D eigenvalue weighted by Crippen LogP contribution is -2.51. The zero-order valence-corrected chi connectivity index (χ0v) is 16.8. The standard InChI is InChI=1S/C21H28N4O4/c1-24-14-16(5-8-19(24)26)20(27)25-11-9-17(10-12-25)23-21(28)22-13-15-3-6-18(29-2)7-4-15/h3-8,14,17,21-23,28H,9-13H2,1-2H3. The monoisotopic (exact) mass is 400 g/mol. The second kappa shape index (κ2) is 9.69. The van der Waals surface area contributed by atoms with Crippen LogP contribution in [0.25, 0.3) is 0 Å². The first kappa shape index (κ1) is 21.0. The summed E-state index contributed by atoms with van der Waals surface area (Å²) in [6, 6.07) is 10.8. The van der Waals surface area contributed by atoms with Crippen molar-refractivity contribution in [3.05, 3.63) is 64.1 Å². The summed E-state index contributed by atoms with van der Waals surface area (Å²) in [6.07, 6.45) is 2.24. The Hall–Kier alpha value is -2.68. The van der Waals surface area contributed by atoms with E-state index in [0.29, 0.717) is 25.2 Å². The highest BCUT2D eigenvalue weighted by Gasteiger charge is 2.24. The third kappa shape index (κ3) is 5.66. The van der Waals surface area contributed by atoms with Crippen LogP contribution in [-0.2, 0) is 13.6 Å². The molecule has 156 valence electrons. The number of rotatable bonds is 7. The van der Waals surface area contributed by atoms with Gasteiger partial charge in [-0.25, -0.2) is 0 Å². The molecule has 0 aliphatic carbocycles. The molecular weight excluding hydrogens is 372 g/mol. The number of piperidine rings is 1. The third-order valence-electron chi connectivity index (χ3n) is 5.17. The Bertz CT molecular complexity index is 873. The largest absolute Gasteiger partial charge is 0.497 e. The number of hydrogen-bond acceptors (Lipinski definition) is 6. The maximum absolute atomic E-state index is 12.6. The summed E-state index contributed by atoms with van der Waals surface area (Å²) in [5, 5.41) is 16.4. The second-order valence-electron chi connectivity index (χ2n) is 7.23. The number of carbonyl (C=O) groups excluding carboxylic acids is 1. The Balaban J connectivity index is 1.43. The van der Waals surface area contributed by atoms with E-state index in [1.165, 1.54) is 10.6 Å². The molecule has 1 atom stereocenters. The van der Waals surface area contributed by atoms with E-state index in [9.17, 15) is 14.7 Å². The molecule has 8 nitrogen and oxygen atoms in total. The molecule has 1 unspecified atom stereocenters. The van der Waals surface area contributed by atoms with Gasteiger partial charge in [0.05, 0.1) is 12.7 Å². The van der Waals surface area contributed by atoms with E-state index in [-0.39, 0.29) is 17.5 Å². The number of carbonyl (C=O) groups is 1. The normalized spacial score (nSPS) is 15.9. The molecule has 8 heteroatoms. The fourth-order valence-electron chi connectivity index (χ4n) is 3.39. The number of likely N-dealkylation sites (tertiary alicyclic amines) is 1. The van der Waals surface area contributed by atoms with Crippen molar-refractivity contribution >= 4 is 5.91 Å². The minimum atomic E-state index is -0.826. The Morgan fingerprint density at radius 2 is 1.90 bits per heavy atom. The van der Waals surface area contributed by atoms with E-state index >= 15 is 0 Å². The van der Waals surface area contributed by atoms with Gasteiger partial charge in [-0.1, -0.05) is 12.1 Å². The Morgan fingerprint density at radius 3 is 2.52 bits per heavy atom. The lowest BCUT2D eigenvalue weighted by molar-refractivity contribution is 0.0581. The van der Waals surface area contributed by atoms with Crippen LogP contribution < -0.4 is 20.9 Å². The van der Waals surface area contributed by atoms with E-state index in [1.807, 2.05) is 24.3 Å². The van der Waals surface area contributed by atoms with Crippen LogP contribution in [0.5, 0.6) is 5.75 Å². The van der Waals surface area contributed by atoms with Gasteiger partial charge in [0.15, 0.2) is 6.35 Å². The molecule has 1 aromatic carbocycles. The van der Waals surface area contributed by atoms with Gasteiger partial charge in [-0.05, 0) is 36.6 Å². The average Bonchev–Trinajstić information content (AvgIpc) is 2.74. The summed E-state index contributed by atoms with van der Waals surface area (Å²) in [5.41, 5.74) is 1.42. The number of nitrogens with one attached hydrogen (secondary N) is 2. The molecule has 0 bridgehead atoms. The molecule has 1 aliphatic heterocycles. The molecule has 0 radical (unpaired) electrons. The van der Waals surface area contributed by atoms with E-state index in [1.54, 1.807) is 31.3 Å². The zero-order valence-electron chi connectivity index (χ0n) is 16.8. The highest BCUT2D eigenvalue weighted by molar-refractivity contribution is 5.93. The molecule has 1 saturated heterocycles. The predicted molar refractivity (Wildman–Crippen MR) is 110 cm³/mol. The third-order valence-corrected chi connectivity index (χ3v) is 5.17. The fourth-order valence-corrected chi connectivity index (χ4v) is 3.39. The van der Waals surface area contributed by atoms with Crippen molar-refractivity contribution in [1.29, 1.82) is 0 Å². The van der Waals surface area contributed by atoms with Crippen molar-refractivity contribution in [2.75, 3.05) is 20.2 Å². The van der Waals surface area contributed by atoms with Gasteiger partial charge in [-0.2, -0.15) is 0 Å². The summed E-state index contributed by atoms with van der Waals surface area (Å²) >= 11 is 0. The van der Waals surface area contributed by atoms with Gasteiger partial charge in [0.1, 0.15) is 5.75 Å². The number of aliphatic hydroxyl groups is 1. The lowest BCUT2D eigenvalue weighted by Gasteiger charge is -2.33. The number of nitrogens with zero attached hydrogens (tertiary/aromatic N) is 2. The Labute approximate surface area is 170 Å². The van der Waals surface area contributed by atoms with E-state index < -0.39 is 6.35 Å². The van der Waals surface area contributed by atoms with E-state index in [4.69, 9.17) is 4.74 Å². The Kier molecular flexibility index (Phi) is 7.03. The van der Waals surface area contributed by atoms with Crippen molar-refractivity contribution in [2.45, 2.75) is 31.8 Å². The fraction of sp³-hybridized carbons (Fsp3) is 0.429. The van der Waals surface area contributed by atoms with E-state index in [0.717, 1.165) is 24.2 Å². The van der Waals surface area contributed by atoms with Crippen molar-refractivity contribution < 1.29 is 14.6 Å². The molecule has 3 rings (SSSR count). The Morgan fingerprint density at radius 1 is 1.21 bits per heavy atom. The first-order valence-electron chi connectivity index (χ1n) is 9.72. The summed E-state index contributed by atoms with van der Waals surface area (Å²) in [5.74, 6) is 0.726. The smallest absolute Gasteiger partial charge is 0.255 e. The summed E-state index contributed by atoms with van der Waals surface area (Å²) in [6.45, 7) is 1.73. The number of methoxy groups -OCH3 is 1. The lowest BCUT2D eigenvalue weighted by atomic mass is 10.0. The van der Waals surface area contributed by atoms with Gasteiger partial charge in [-0.15, -0.1) is 0 Å². The van der Waals surface area contributed by atoms with Crippen LogP contribution in [0, 0.1) is 0 Å². The van der Waals surface area contributed by atoms with Crippen LogP contribution in [0.4, 0.5) is 0 Å². The number of aromatic nitrogens is 1. The second-order valence-corrected chi connectivity index (χ2v) is 7.23. The molecule has 0 saturated carbocycles. The minimum absolute atomic E-state index is 0.0720. The topological polar surface area (TPSA) is 95.8 Å². The van der Waals surface area contributed by atoms with Crippen molar-refractivity contribution in [2.24, 2.45) is 7.05 Å². The first-order chi connectivity index (χ1) is 14.0. The highest BCUT2D eigenvalue weighted by atomic mass is 16.5. The van der Waals surface area contributed by atoms with Crippen molar-refractivity contribution in [3.8, 4) is 5.75 Å². The molecule has 1 aliphatic rings. The highest BCUT2D eigenvalue weighted by Crippen LogP contribution is 2.14. The quantitative estimate of drug-likeness (QED) is 0.591. The maximum atomic E-state index is 12.6.